The first-order valence-corrected chi connectivity index (χ1v) is 14.9. The monoisotopic (exact) mass is 589 g/mol. The fraction of sp³-hybridized carbons (Fsp3) is 0.310. The zero-order valence-corrected chi connectivity index (χ0v) is 24.6. The number of aryl methyl sites for hydroxylation is 1. The van der Waals surface area contributed by atoms with Crippen LogP contribution in [-0.2, 0) is 26.2 Å². The molecule has 208 valence electrons. The summed E-state index contributed by atoms with van der Waals surface area (Å²) in [5.41, 5.74) is 1.91. The van der Waals surface area contributed by atoms with Crippen molar-refractivity contribution >= 4 is 50.7 Å². The summed E-state index contributed by atoms with van der Waals surface area (Å²) in [5.74, 6) is -0.834. The van der Waals surface area contributed by atoms with E-state index >= 15 is 0 Å². The number of benzene rings is 3. The predicted molar refractivity (Wildman–Crippen MR) is 157 cm³/mol. The van der Waals surface area contributed by atoms with Crippen LogP contribution in [0.3, 0.4) is 0 Å². The molecule has 3 rings (SSSR count). The molecule has 0 saturated carbocycles. The standard InChI is InChI=1S/C29H33Cl2N3O4S/c1-4-17-32-29(36)27(5-2)33(19-22-13-16-25(30)26(31)18-22)28(35)20-34(23-9-7-6-8-10-23)39(37,38)24-14-11-21(3)12-15-24/h6-16,18,27H,4-5,17,19-20H2,1-3H3,(H,32,36). The Bertz CT molecular complexity index is 1380. The highest BCUT2D eigenvalue weighted by Gasteiger charge is 2.33. The molecule has 0 aliphatic heterocycles. The van der Waals surface area contributed by atoms with E-state index in [1.807, 2.05) is 20.8 Å². The second-order valence-corrected chi connectivity index (χ2v) is 11.8. The lowest BCUT2D eigenvalue weighted by molar-refractivity contribution is -0.140. The number of nitrogens with one attached hydrogen (secondary N) is 1. The van der Waals surface area contributed by atoms with Crippen molar-refractivity contribution in [3.8, 4) is 0 Å². The molecule has 0 radical (unpaired) electrons. The molecule has 1 N–H and O–H groups in total. The van der Waals surface area contributed by atoms with Crippen molar-refractivity contribution in [2.45, 2.75) is 51.1 Å². The number of anilines is 1. The van der Waals surface area contributed by atoms with Crippen LogP contribution >= 0.6 is 23.2 Å². The third kappa shape index (κ3) is 7.75. The maximum atomic E-state index is 14.0. The van der Waals surface area contributed by atoms with Gasteiger partial charge in [0.05, 0.1) is 20.6 Å². The Morgan fingerprint density at radius 3 is 2.18 bits per heavy atom. The van der Waals surface area contributed by atoms with Crippen molar-refractivity contribution in [2.24, 2.45) is 0 Å². The van der Waals surface area contributed by atoms with E-state index in [0.29, 0.717) is 34.3 Å². The molecule has 3 aromatic rings. The van der Waals surface area contributed by atoms with Gasteiger partial charge in [-0.15, -0.1) is 0 Å². The van der Waals surface area contributed by atoms with Gasteiger partial charge < -0.3 is 10.2 Å². The Kier molecular flexibility index (Phi) is 10.8. The van der Waals surface area contributed by atoms with Gasteiger partial charge in [0.2, 0.25) is 11.8 Å². The van der Waals surface area contributed by atoms with Crippen LogP contribution in [0.5, 0.6) is 0 Å². The zero-order chi connectivity index (χ0) is 28.6. The SMILES string of the molecule is CCCNC(=O)C(CC)N(Cc1ccc(Cl)c(Cl)c1)C(=O)CN(c1ccccc1)S(=O)(=O)c1ccc(C)cc1. The third-order valence-corrected chi connectivity index (χ3v) is 8.73. The summed E-state index contributed by atoms with van der Waals surface area (Å²) < 4.78 is 28.7. The van der Waals surface area contributed by atoms with Crippen LogP contribution < -0.4 is 9.62 Å². The third-order valence-electron chi connectivity index (χ3n) is 6.20. The first-order valence-electron chi connectivity index (χ1n) is 12.7. The number of carbonyl (C=O) groups excluding carboxylic acids is 2. The molecule has 0 saturated heterocycles. The number of carbonyl (C=O) groups is 2. The minimum Gasteiger partial charge on any atom is -0.354 e. The van der Waals surface area contributed by atoms with Crippen molar-refractivity contribution < 1.29 is 18.0 Å². The average Bonchev–Trinajstić information content (AvgIpc) is 2.92. The van der Waals surface area contributed by atoms with E-state index < -0.39 is 28.5 Å². The topological polar surface area (TPSA) is 86.8 Å². The fourth-order valence-corrected chi connectivity index (χ4v) is 5.82. The largest absolute Gasteiger partial charge is 0.354 e. The number of amides is 2. The van der Waals surface area contributed by atoms with Crippen molar-refractivity contribution in [3.05, 3.63) is 94.0 Å². The maximum absolute atomic E-state index is 14.0. The summed E-state index contributed by atoms with van der Waals surface area (Å²) in [4.78, 5) is 28.6. The minimum absolute atomic E-state index is 0.0426. The average molecular weight is 591 g/mol. The van der Waals surface area contributed by atoms with E-state index in [4.69, 9.17) is 23.2 Å². The number of sulfonamides is 1. The predicted octanol–water partition coefficient (Wildman–Crippen LogP) is 5.83. The summed E-state index contributed by atoms with van der Waals surface area (Å²) in [6, 6.07) is 19.1. The molecular formula is C29H33Cl2N3O4S. The summed E-state index contributed by atoms with van der Waals surface area (Å²) in [6.45, 7) is 5.61. The van der Waals surface area contributed by atoms with E-state index in [0.717, 1.165) is 16.3 Å². The zero-order valence-electron chi connectivity index (χ0n) is 22.2. The number of para-hydroxylation sites is 1. The van der Waals surface area contributed by atoms with Crippen molar-refractivity contribution in [3.63, 3.8) is 0 Å². The quantitative estimate of drug-likeness (QED) is 0.288. The normalized spacial score (nSPS) is 12.0. The van der Waals surface area contributed by atoms with Gasteiger partial charge in [-0.25, -0.2) is 8.42 Å². The molecule has 0 aromatic heterocycles. The van der Waals surface area contributed by atoms with E-state index in [2.05, 4.69) is 5.32 Å². The van der Waals surface area contributed by atoms with Crippen LogP contribution in [0.1, 0.15) is 37.8 Å². The van der Waals surface area contributed by atoms with E-state index in [1.54, 1.807) is 60.7 Å². The molecule has 2 amide bonds. The lowest BCUT2D eigenvalue weighted by Gasteiger charge is -2.33. The van der Waals surface area contributed by atoms with E-state index in [9.17, 15) is 18.0 Å². The Morgan fingerprint density at radius 1 is 0.923 bits per heavy atom. The smallest absolute Gasteiger partial charge is 0.264 e. The number of hydrogen-bond acceptors (Lipinski definition) is 4. The Balaban J connectivity index is 2.04. The van der Waals surface area contributed by atoms with Gasteiger partial charge in [0.25, 0.3) is 10.0 Å². The molecule has 0 spiro atoms. The molecule has 3 aromatic carbocycles. The molecule has 1 atom stereocenters. The van der Waals surface area contributed by atoms with Crippen LogP contribution in [0.2, 0.25) is 10.0 Å². The van der Waals surface area contributed by atoms with Gasteiger partial charge in [-0.1, -0.05) is 79.0 Å². The molecule has 7 nitrogen and oxygen atoms in total. The Labute approximate surface area is 240 Å². The Hall–Kier alpha value is -3.07. The second kappa shape index (κ2) is 13.8. The summed E-state index contributed by atoms with van der Waals surface area (Å²) >= 11 is 12.3. The lowest BCUT2D eigenvalue weighted by Crippen LogP contribution is -2.52. The van der Waals surface area contributed by atoms with Gasteiger partial charge in [0.1, 0.15) is 12.6 Å². The molecule has 0 bridgehead atoms. The summed E-state index contributed by atoms with van der Waals surface area (Å²) in [5, 5.41) is 3.54. The molecule has 0 aliphatic carbocycles. The van der Waals surface area contributed by atoms with Gasteiger partial charge in [-0.05, 0) is 61.7 Å². The van der Waals surface area contributed by atoms with Crippen molar-refractivity contribution in [1.29, 1.82) is 0 Å². The van der Waals surface area contributed by atoms with Crippen LogP contribution in [-0.4, -0.2) is 44.3 Å². The van der Waals surface area contributed by atoms with Gasteiger partial charge in [0, 0.05) is 13.1 Å². The van der Waals surface area contributed by atoms with Crippen LogP contribution in [0.25, 0.3) is 0 Å². The maximum Gasteiger partial charge on any atom is 0.264 e. The summed E-state index contributed by atoms with van der Waals surface area (Å²) in [6.07, 6.45) is 1.07. The molecule has 0 heterocycles. The molecule has 0 fully saturated rings. The fourth-order valence-electron chi connectivity index (χ4n) is 4.08. The van der Waals surface area contributed by atoms with Crippen LogP contribution in [0.15, 0.2) is 77.7 Å². The highest BCUT2D eigenvalue weighted by Crippen LogP contribution is 2.26. The van der Waals surface area contributed by atoms with Crippen molar-refractivity contribution in [2.75, 3.05) is 17.4 Å². The Morgan fingerprint density at radius 2 is 1.59 bits per heavy atom. The number of nitrogens with zero attached hydrogens (tertiary/aromatic N) is 2. The van der Waals surface area contributed by atoms with Crippen molar-refractivity contribution in [1.82, 2.24) is 10.2 Å². The first-order chi connectivity index (χ1) is 18.6. The van der Waals surface area contributed by atoms with Gasteiger partial charge >= 0.3 is 0 Å². The van der Waals surface area contributed by atoms with E-state index in [1.165, 1.54) is 17.0 Å². The van der Waals surface area contributed by atoms with Gasteiger partial charge in [-0.3, -0.25) is 13.9 Å². The van der Waals surface area contributed by atoms with E-state index in [-0.39, 0.29) is 17.3 Å². The second-order valence-electron chi connectivity index (χ2n) is 9.15. The molecule has 10 heteroatoms. The lowest BCUT2D eigenvalue weighted by atomic mass is 10.1. The van der Waals surface area contributed by atoms with Gasteiger partial charge in [0.15, 0.2) is 0 Å². The molecule has 0 aliphatic rings. The van der Waals surface area contributed by atoms with Gasteiger partial charge in [-0.2, -0.15) is 0 Å². The van der Waals surface area contributed by atoms with Crippen LogP contribution in [0.4, 0.5) is 5.69 Å². The number of hydrogen-bond donors (Lipinski definition) is 1. The first kappa shape index (κ1) is 30.5. The minimum atomic E-state index is -4.10. The van der Waals surface area contributed by atoms with Crippen LogP contribution in [0, 0.1) is 6.92 Å². The molecule has 39 heavy (non-hydrogen) atoms. The molecule has 1 unspecified atom stereocenters. The molecular weight excluding hydrogens is 557 g/mol. The number of halogens is 2. The highest BCUT2D eigenvalue weighted by molar-refractivity contribution is 7.92. The number of rotatable bonds is 12. The highest BCUT2D eigenvalue weighted by atomic mass is 35.5. The summed E-state index contributed by atoms with van der Waals surface area (Å²) in [7, 11) is -4.10.